The summed E-state index contributed by atoms with van der Waals surface area (Å²) >= 11 is 0. The summed E-state index contributed by atoms with van der Waals surface area (Å²) in [6.07, 6.45) is 0.0850. The van der Waals surface area contributed by atoms with E-state index in [-0.39, 0.29) is 50.5 Å². The number of unbranched alkanes of at least 4 members (excludes halogenated alkanes) is 1. The number of hydrogen-bond acceptors (Lipinski definition) is 11. The number of aliphatic hydroxyl groups is 1. The largest absolute Gasteiger partial charge is 0.381 e. The SMILES string of the molecule is CC(C)C[C@H](NC(=O)[C@H](C)NC(=O)[C@H](O)[C@@H](NC(=O)[C@H](Cc1ccccc1)NC(=O)[C@H](CCCCN)NC(=O)[C@@H](N)Cc1ccccc1)c1ccccc1)C(=O)N[C@@H](CCCN=C(N)N)C(N)=O. The van der Waals surface area contributed by atoms with Crippen LogP contribution in [0.3, 0.4) is 0 Å². The second-order valence-corrected chi connectivity index (χ2v) is 17.1. The fourth-order valence-corrected chi connectivity index (χ4v) is 7.17. The molecule has 7 amide bonds. The molecule has 0 heterocycles. The summed E-state index contributed by atoms with van der Waals surface area (Å²) in [6.45, 7) is 5.55. The fourth-order valence-electron chi connectivity index (χ4n) is 7.17. The molecule has 0 aromatic heterocycles. The van der Waals surface area contributed by atoms with Gasteiger partial charge in [-0.3, -0.25) is 38.6 Å². The molecule has 3 aromatic rings. The highest BCUT2D eigenvalue weighted by Crippen LogP contribution is 2.19. The van der Waals surface area contributed by atoms with Gasteiger partial charge in [0.1, 0.15) is 30.2 Å². The van der Waals surface area contributed by atoms with Crippen LogP contribution >= 0.6 is 0 Å². The number of hydrogen-bond donors (Lipinski definition) is 12. The summed E-state index contributed by atoms with van der Waals surface area (Å²) in [7, 11) is 0. The highest BCUT2D eigenvalue weighted by Gasteiger charge is 2.35. The van der Waals surface area contributed by atoms with Gasteiger partial charge in [-0.15, -0.1) is 0 Å². The van der Waals surface area contributed by atoms with Gasteiger partial charge in [0.25, 0.3) is 5.91 Å². The van der Waals surface area contributed by atoms with E-state index in [4.69, 9.17) is 28.7 Å². The molecular weight excluding hydrogens is 873 g/mol. The smallest absolute Gasteiger partial charge is 0.251 e. The van der Waals surface area contributed by atoms with Crippen LogP contribution in [0.25, 0.3) is 0 Å². The second kappa shape index (κ2) is 29.0. The lowest BCUT2D eigenvalue weighted by Crippen LogP contribution is -2.58. The molecule has 0 spiro atoms. The fraction of sp³-hybridized carbons (Fsp3) is 0.458. The van der Waals surface area contributed by atoms with Gasteiger partial charge in [-0.25, -0.2) is 0 Å². The van der Waals surface area contributed by atoms with Crippen molar-refractivity contribution in [3.05, 3.63) is 108 Å². The maximum absolute atomic E-state index is 14.4. The Hall–Kier alpha value is -6.90. The number of carbonyl (C=O) groups is 7. The number of aliphatic hydroxyl groups excluding tert-OH is 1. The van der Waals surface area contributed by atoms with Crippen molar-refractivity contribution in [1.82, 2.24) is 31.9 Å². The number of aliphatic imine (C=N–C) groups is 1. The van der Waals surface area contributed by atoms with E-state index in [1.54, 1.807) is 60.7 Å². The molecule has 20 nitrogen and oxygen atoms in total. The van der Waals surface area contributed by atoms with Crippen LogP contribution in [-0.4, -0.2) is 108 Å². The Morgan fingerprint density at radius 3 is 1.62 bits per heavy atom. The van der Waals surface area contributed by atoms with Gasteiger partial charge in [-0.1, -0.05) is 105 Å². The van der Waals surface area contributed by atoms with Gasteiger partial charge in [0.05, 0.1) is 12.1 Å². The Morgan fingerprint density at radius 2 is 1.06 bits per heavy atom. The molecule has 0 saturated heterocycles. The van der Waals surface area contributed by atoms with E-state index in [0.717, 1.165) is 5.56 Å². The van der Waals surface area contributed by atoms with Crippen molar-refractivity contribution in [3.8, 4) is 0 Å². The van der Waals surface area contributed by atoms with E-state index in [0.29, 0.717) is 36.9 Å². The molecule has 0 saturated carbocycles. The number of carbonyl (C=O) groups excluding carboxylic acids is 7. The van der Waals surface area contributed by atoms with Gasteiger partial charge in [0, 0.05) is 13.0 Å². The number of nitrogens with one attached hydrogen (secondary N) is 6. The summed E-state index contributed by atoms with van der Waals surface area (Å²) < 4.78 is 0. The summed E-state index contributed by atoms with van der Waals surface area (Å²) in [4.78, 5) is 98.6. The Balaban J connectivity index is 1.82. The summed E-state index contributed by atoms with van der Waals surface area (Å²) in [5.41, 5.74) is 30.1. The van der Waals surface area contributed by atoms with Crippen molar-refractivity contribution in [3.63, 3.8) is 0 Å². The Kier molecular flexibility index (Phi) is 23.6. The van der Waals surface area contributed by atoms with Gasteiger partial charge < -0.3 is 65.7 Å². The molecule has 20 heteroatoms. The third-order valence-electron chi connectivity index (χ3n) is 10.9. The van der Waals surface area contributed by atoms with Gasteiger partial charge in [0.2, 0.25) is 35.4 Å². The average molecular weight is 943 g/mol. The van der Waals surface area contributed by atoms with Crippen molar-refractivity contribution < 1.29 is 38.7 Å². The molecule has 0 fully saturated rings. The molecule has 0 radical (unpaired) electrons. The molecule has 370 valence electrons. The van der Waals surface area contributed by atoms with Crippen molar-refractivity contribution in [2.75, 3.05) is 13.1 Å². The summed E-state index contributed by atoms with van der Waals surface area (Å²) in [5, 5.41) is 27.6. The Morgan fingerprint density at radius 1 is 0.559 bits per heavy atom. The summed E-state index contributed by atoms with van der Waals surface area (Å²) in [6, 6.07) is 17.9. The molecule has 0 aliphatic rings. The van der Waals surface area contributed by atoms with Gasteiger partial charge >= 0.3 is 0 Å². The molecule has 0 aliphatic carbocycles. The number of primary amides is 1. The van der Waals surface area contributed by atoms with Gasteiger partial charge in [-0.2, -0.15) is 0 Å². The molecular formula is C48H70N12O8. The van der Waals surface area contributed by atoms with Crippen LogP contribution in [0.15, 0.2) is 96.0 Å². The number of nitrogens with two attached hydrogens (primary N) is 5. The number of rotatable bonds is 29. The maximum Gasteiger partial charge on any atom is 0.251 e. The lowest BCUT2D eigenvalue weighted by molar-refractivity contribution is -0.137. The molecule has 0 aliphatic heterocycles. The lowest BCUT2D eigenvalue weighted by atomic mass is 9.98. The molecule has 17 N–H and O–H groups in total. The number of benzene rings is 3. The van der Waals surface area contributed by atoms with Crippen LogP contribution in [0, 0.1) is 5.92 Å². The number of nitrogens with zero attached hydrogens (tertiary/aromatic N) is 1. The van der Waals surface area contributed by atoms with Crippen LogP contribution in [-0.2, 0) is 46.4 Å². The highest BCUT2D eigenvalue weighted by molar-refractivity contribution is 5.96. The topological polar surface area (TPSA) is 354 Å². The third-order valence-corrected chi connectivity index (χ3v) is 10.9. The van der Waals surface area contributed by atoms with Crippen LogP contribution in [0.1, 0.15) is 82.0 Å². The second-order valence-electron chi connectivity index (χ2n) is 17.1. The quantitative estimate of drug-likeness (QED) is 0.0231. The molecule has 0 unspecified atom stereocenters. The van der Waals surface area contributed by atoms with Crippen LogP contribution < -0.4 is 60.6 Å². The van der Waals surface area contributed by atoms with Gasteiger partial charge in [-0.05, 0) is 81.0 Å². The third kappa shape index (κ3) is 19.5. The maximum atomic E-state index is 14.4. The first-order valence-corrected chi connectivity index (χ1v) is 22.8. The minimum absolute atomic E-state index is 0.0142. The standard InChI is InChI=1S/C48H70N12O8/c1-29(2)26-37(45(66)56-35(41(51)62)23-15-25-54-48(52)53)58-42(63)30(3)55-47(68)40(61)39(33-20-11-6-12-21-33)60-46(67)38(28-32-18-9-5-10-19-32)59-44(65)36(22-13-14-24-49)57-43(64)34(50)27-31-16-7-4-8-17-31/h4-12,16-21,29-30,34-40,61H,13-15,22-28,49-50H2,1-3H3,(H2,51,62)(H,55,68)(H,56,66)(H,57,64)(H,58,63)(H,59,65)(H,60,67)(H4,52,53,54)/t30-,34-,35-,36-,37-,38-,39-,40+/m0/s1. The minimum Gasteiger partial charge on any atom is -0.381 e. The molecule has 0 bridgehead atoms. The van der Waals surface area contributed by atoms with Gasteiger partial charge in [0.15, 0.2) is 12.1 Å². The zero-order chi connectivity index (χ0) is 50.2. The first kappa shape index (κ1) is 55.4. The van der Waals surface area contributed by atoms with Crippen LogP contribution in [0.4, 0.5) is 0 Å². The number of amides is 7. The monoisotopic (exact) mass is 943 g/mol. The average Bonchev–Trinajstić information content (AvgIpc) is 3.31. The molecule has 3 aromatic carbocycles. The number of guanidine groups is 1. The van der Waals surface area contributed by atoms with Crippen LogP contribution in [0.2, 0.25) is 0 Å². The Labute approximate surface area is 397 Å². The van der Waals surface area contributed by atoms with Crippen molar-refractivity contribution in [1.29, 1.82) is 0 Å². The van der Waals surface area contributed by atoms with E-state index in [2.05, 4.69) is 36.9 Å². The van der Waals surface area contributed by atoms with Crippen molar-refractivity contribution in [2.24, 2.45) is 39.6 Å². The molecule has 8 atom stereocenters. The molecule has 68 heavy (non-hydrogen) atoms. The van der Waals surface area contributed by atoms with Crippen molar-refractivity contribution >= 4 is 47.3 Å². The van der Waals surface area contributed by atoms with Crippen molar-refractivity contribution in [2.45, 2.75) is 121 Å². The van der Waals surface area contributed by atoms with Crippen LogP contribution in [0.5, 0.6) is 0 Å². The van der Waals surface area contributed by atoms with E-state index in [1.165, 1.54) is 6.92 Å². The molecule has 3 rings (SSSR count). The Bertz CT molecular complexity index is 2110. The first-order chi connectivity index (χ1) is 32.4. The predicted molar refractivity (Wildman–Crippen MR) is 258 cm³/mol. The zero-order valence-electron chi connectivity index (χ0n) is 39.1. The summed E-state index contributed by atoms with van der Waals surface area (Å²) in [5.74, 6) is -5.52. The van der Waals surface area contributed by atoms with E-state index >= 15 is 0 Å². The van der Waals surface area contributed by atoms with E-state index in [9.17, 15) is 38.7 Å². The lowest BCUT2D eigenvalue weighted by Gasteiger charge is -2.29. The highest BCUT2D eigenvalue weighted by atomic mass is 16.3. The predicted octanol–water partition coefficient (Wildman–Crippen LogP) is -0.825. The van der Waals surface area contributed by atoms with E-state index < -0.39 is 89.7 Å². The van der Waals surface area contributed by atoms with E-state index in [1.807, 2.05) is 44.2 Å². The first-order valence-electron chi connectivity index (χ1n) is 22.8. The minimum atomic E-state index is -1.98. The zero-order valence-corrected chi connectivity index (χ0v) is 39.1. The normalized spacial score (nSPS) is 14.6.